The van der Waals surface area contributed by atoms with Gasteiger partial charge >= 0.3 is 0 Å². The normalized spacial score (nSPS) is 17.8. The molecular weight excluding hydrogens is 398 g/mol. The lowest BCUT2D eigenvalue weighted by atomic mass is 9.96. The number of methoxy groups -OCH3 is 1. The van der Waals surface area contributed by atoms with Crippen LogP contribution in [0.4, 0.5) is 20.3 Å². The van der Waals surface area contributed by atoms with Crippen molar-refractivity contribution < 1.29 is 18.3 Å². The van der Waals surface area contributed by atoms with Crippen LogP contribution in [-0.2, 0) is 5.66 Å². The molecule has 0 unspecified atom stereocenters. The number of likely N-dealkylation sites (tertiary alicyclic amines) is 1. The van der Waals surface area contributed by atoms with E-state index in [0.717, 1.165) is 0 Å². The molecule has 2 aromatic heterocycles. The van der Waals surface area contributed by atoms with Crippen molar-refractivity contribution in [1.29, 1.82) is 0 Å². The van der Waals surface area contributed by atoms with Crippen LogP contribution in [0.3, 0.4) is 0 Å². The second-order valence-corrected chi connectivity index (χ2v) is 7.47. The van der Waals surface area contributed by atoms with Gasteiger partial charge in [-0.05, 0) is 18.6 Å². The van der Waals surface area contributed by atoms with Gasteiger partial charge in [0.05, 0.1) is 19.9 Å². The predicted octanol–water partition coefficient (Wildman–Crippen LogP) is 1.46. The van der Waals surface area contributed by atoms with Gasteiger partial charge in [-0.3, -0.25) is 19.1 Å². The van der Waals surface area contributed by atoms with Crippen molar-refractivity contribution in [3.05, 3.63) is 40.2 Å². The molecule has 4 rings (SSSR count). The van der Waals surface area contributed by atoms with Gasteiger partial charge in [-0.15, -0.1) is 0 Å². The second kappa shape index (κ2) is 7.63. The first kappa shape index (κ1) is 20.2. The average Bonchev–Trinajstić information content (AvgIpc) is 3.00. The minimum Gasteiger partial charge on any atom is -0.491 e. The number of carbonyl (C=O) groups excluding carboxylic acids is 1. The molecular formula is C19H22F2N6O3. The van der Waals surface area contributed by atoms with Crippen LogP contribution in [0.2, 0.25) is 0 Å². The number of fused-ring (bicyclic) bond motifs is 2. The Labute approximate surface area is 171 Å². The first-order valence-corrected chi connectivity index (χ1v) is 9.56. The van der Waals surface area contributed by atoms with E-state index >= 15 is 0 Å². The van der Waals surface area contributed by atoms with Gasteiger partial charge in [0.25, 0.3) is 17.9 Å². The third-order valence-corrected chi connectivity index (χ3v) is 5.61. The molecule has 9 nitrogen and oxygen atoms in total. The van der Waals surface area contributed by atoms with Gasteiger partial charge in [-0.1, -0.05) is 0 Å². The molecule has 0 saturated carbocycles. The zero-order chi connectivity index (χ0) is 21.5. The molecule has 0 aliphatic carbocycles. The highest BCUT2D eigenvalue weighted by Gasteiger charge is 2.46. The highest BCUT2D eigenvalue weighted by Crippen LogP contribution is 2.34. The van der Waals surface area contributed by atoms with E-state index in [9.17, 15) is 18.4 Å². The zero-order valence-electron chi connectivity index (χ0n) is 16.6. The van der Waals surface area contributed by atoms with Gasteiger partial charge < -0.3 is 15.4 Å². The van der Waals surface area contributed by atoms with Crippen molar-refractivity contribution in [2.45, 2.75) is 31.9 Å². The van der Waals surface area contributed by atoms with Crippen LogP contribution in [0.15, 0.2) is 23.4 Å². The lowest BCUT2D eigenvalue weighted by Gasteiger charge is -2.40. The largest absolute Gasteiger partial charge is 0.491 e. The standard InChI is InChI=1S/C19H22F2N6O3/c1-11-7-12(24-16-13(30-2)8-22-10-23-16)18(29)27-15(11)17(28)25-19(27)3-5-26(6-4-19)9-14(20)21/h7-8,10,14H,3-6,9H2,1-2H3,(H,25,28)(H,22,23,24). The number of hydrogen-bond acceptors (Lipinski definition) is 7. The van der Waals surface area contributed by atoms with Crippen LogP contribution in [0.1, 0.15) is 28.9 Å². The van der Waals surface area contributed by atoms with Crippen LogP contribution in [-0.4, -0.2) is 58.5 Å². The Bertz CT molecular complexity index is 1030. The van der Waals surface area contributed by atoms with Crippen molar-refractivity contribution in [2.75, 3.05) is 32.1 Å². The molecule has 0 radical (unpaired) electrons. The van der Waals surface area contributed by atoms with Gasteiger partial charge in [0.1, 0.15) is 23.4 Å². The van der Waals surface area contributed by atoms with Crippen molar-refractivity contribution >= 4 is 17.4 Å². The third kappa shape index (κ3) is 3.38. The summed E-state index contributed by atoms with van der Waals surface area (Å²) in [5, 5.41) is 5.91. The molecule has 30 heavy (non-hydrogen) atoms. The molecule has 1 amide bonds. The van der Waals surface area contributed by atoms with Crippen molar-refractivity contribution in [3.63, 3.8) is 0 Å². The number of rotatable bonds is 5. The lowest BCUT2D eigenvalue weighted by molar-refractivity contribution is 0.0391. The number of ether oxygens (including phenoxy) is 1. The number of aromatic nitrogens is 3. The molecule has 2 aromatic rings. The van der Waals surface area contributed by atoms with Crippen molar-refractivity contribution in [2.24, 2.45) is 0 Å². The van der Waals surface area contributed by atoms with Crippen LogP contribution in [0.5, 0.6) is 5.75 Å². The maximum Gasteiger partial charge on any atom is 0.276 e. The third-order valence-electron chi connectivity index (χ3n) is 5.61. The molecule has 160 valence electrons. The second-order valence-electron chi connectivity index (χ2n) is 7.47. The number of halogens is 2. The van der Waals surface area contributed by atoms with E-state index in [2.05, 4.69) is 20.6 Å². The SMILES string of the molecule is COc1cncnc1Nc1cc(C)c2n(c1=O)C1(CCN(CC(F)F)CC1)NC2=O. The van der Waals surface area contributed by atoms with Gasteiger partial charge in [-0.2, -0.15) is 0 Å². The summed E-state index contributed by atoms with van der Waals surface area (Å²) in [6.45, 7) is 2.14. The summed E-state index contributed by atoms with van der Waals surface area (Å²) in [6, 6.07) is 1.60. The summed E-state index contributed by atoms with van der Waals surface area (Å²) in [4.78, 5) is 35.7. The average molecular weight is 420 g/mol. The fourth-order valence-corrected chi connectivity index (χ4v) is 4.19. The molecule has 1 spiro atoms. The minimum atomic E-state index is -2.42. The quantitative estimate of drug-likeness (QED) is 0.755. The number of hydrogen-bond donors (Lipinski definition) is 2. The maximum atomic E-state index is 13.4. The first-order valence-electron chi connectivity index (χ1n) is 9.56. The highest BCUT2D eigenvalue weighted by molar-refractivity contribution is 5.97. The van der Waals surface area contributed by atoms with E-state index in [-0.39, 0.29) is 18.1 Å². The number of alkyl halides is 2. The number of aryl methyl sites for hydroxylation is 1. The monoisotopic (exact) mass is 420 g/mol. The molecule has 2 aliphatic rings. The van der Waals surface area contributed by atoms with Gasteiger partial charge in [0.15, 0.2) is 11.6 Å². The van der Waals surface area contributed by atoms with Crippen LogP contribution < -0.4 is 20.9 Å². The summed E-state index contributed by atoms with van der Waals surface area (Å²) in [6.07, 6.45) is 1.09. The fraction of sp³-hybridized carbons (Fsp3) is 0.474. The van der Waals surface area contributed by atoms with Gasteiger partial charge in [-0.25, -0.2) is 18.7 Å². The minimum absolute atomic E-state index is 0.235. The Kier molecular flexibility index (Phi) is 5.14. The van der Waals surface area contributed by atoms with E-state index in [1.807, 2.05) is 0 Å². The summed E-state index contributed by atoms with van der Waals surface area (Å²) < 4.78 is 32.2. The first-order chi connectivity index (χ1) is 14.3. The number of amides is 1. The topological polar surface area (TPSA) is 101 Å². The van der Waals surface area contributed by atoms with Crippen LogP contribution in [0, 0.1) is 6.92 Å². The molecule has 4 heterocycles. The van der Waals surface area contributed by atoms with E-state index in [4.69, 9.17) is 4.74 Å². The highest BCUT2D eigenvalue weighted by atomic mass is 19.3. The van der Waals surface area contributed by atoms with Crippen LogP contribution >= 0.6 is 0 Å². The Morgan fingerprint density at radius 2 is 2.07 bits per heavy atom. The molecule has 1 saturated heterocycles. The zero-order valence-corrected chi connectivity index (χ0v) is 16.6. The molecule has 2 aliphatic heterocycles. The molecule has 11 heteroatoms. The van der Waals surface area contributed by atoms with Crippen LogP contribution in [0.25, 0.3) is 0 Å². The summed E-state index contributed by atoms with van der Waals surface area (Å²) in [5.74, 6) is 0.352. The molecule has 0 atom stereocenters. The molecule has 0 bridgehead atoms. The van der Waals surface area contributed by atoms with E-state index < -0.39 is 17.6 Å². The molecule has 0 aromatic carbocycles. The van der Waals surface area contributed by atoms with E-state index in [1.165, 1.54) is 24.2 Å². The van der Waals surface area contributed by atoms with Crippen molar-refractivity contribution in [1.82, 2.24) is 24.8 Å². The summed E-state index contributed by atoms with van der Waals surface area (Å²) in [5.41, 5.74) is -0.173. The van der Waals surface area contributed by atoms with Gasteiger partial charge in [0.2, 0.25) is 0 Å². The Balaban J connectivity index is 1.72. The Morgan fingerprint density at radius 1 is 1.33 bits per heavy atom. The smallest absolute Gasteiger partial charge is 0.276 e. The number of anilines is 2. The predicted molar refractivity (Wildman–Crippen MR) is 104 cm³/mol. The summed E-state index contributed by atoms with van der Waals surface area (Å²) >= 11 is 0. The fourth-order valence-electron chi connectivity index (χ4n) is 4.19. The number of pyridine rings is 1. The van der Waals surface area contributed by atoms with Crippen molar-refractivity contribution in [3.8, 4) is 5.75 Å². The molecule has 2 N–H and O–H groups in total. The van der Waals surface area contributed by atoms with E-state index in [1.54, 1.807) is 17.9 Å². The van der Waals surface area contributed by atoms with Gasteiger partial charge in [0, 0.05) is 25.9 Å². The number of carbonyl (C=O) groups is 1. The lowest BCUT2D eigenvalue weighted by Crippen LogP contribution is -2.55. The molecule has 1 fully saturated rings. The maximum absolute atomic E-state index is 13.4. The Hall–Kier alpha value is -3.08. The number of nitrogens with one attached hydrogen (secondary N) is 2. The number of nitrogens with zero attached hydrogens (tertiary/aromatic N) is 4. The summed E-state index contributed by atoms with van der Waals surface area (Å²) in [7, 11) is 1.47. The Morgan fingerprint density at radius 3 is 2.73 bits per heavy atom. The number of piperidine rings is 1. The van der Waals surface area contributed by atoms with E-state index in [0.29, 0.717) is 48.8 Å².